The molecule has 0 bridgehead atoms. The van der Waals surface area contributed by atoms with Crippen LogP contribution in [0, 0.1) is 5.92 Å². The van der Waals surface area contributed by atoms with E-state index in [1.54, 1.807) is 11.8 Å². The van der Waals surface area contributed by atoms with Gasteiger partial charge in [-0.25, -0.2) is 0 Å². The summed E-state index contributed by atoms with van der Waals surface area (Å²) in [4.78, 5) is 12.2. The van der Waals surface area contributed by atoms with Crippen LogP contribution in [-0.2, 0) is 17.6 Å². The lowest BCUT2D eigenvalue weighted by Crippen LogP contribution is -2.38. The normalized spacial score (nSPS) is 28.3. The molecule has 0 radical (unpaired) electrons. The molecule has 0 spiro atoms. The predicted octanol–water partition coefficient (Wildman–Crippen LogP) is 3.27. The van der Waals surface area contributed by atoms with E-state index in [-0.39, 0.29) is 5.92 Å². The third kappa shape index (κ3) is 3.43. The number of hydrogen-bond acceptors (Lipinski definition) is 3. The average molecular weight is 306 g/mol. The van der Waals surface area contributed by atoms with Gasteiger partial charge in [0.25, 0.3) is 0 Å². The Bertz CT molecular complexity index is 533. The van der Waals surface area contributed by atoms with Crippen molar-refractivity contribution in [2.45, 2.75) is 55.4 Å². The van der Waals surface area contributed by atoms with Gasteiger partial charge in [-0.1, -0.05) is 6.07 Å². The van der Waals surface area contributed by atoms with Crippen LogP contribution in [0.15, 0.2) is 23.1 Å². The van der Waals surface area contributed by atoms with E-state index in [0.717, 1.165) is 0 Å². The van der Waals surface area contributed by atoms with Crippen LogP contribution in [0.2, 0.25) is 0 Å². The highest BCUT2D eigenvalue weighted by atomic mass is 32.2. The molecule has 2 aliphatic carbocycles. The van der Waals surface area contributed by atoms with E-state index >= 15 is 0 Å². The number of benzene rings is 1. The largest absolute Gasteiger partial charge is 0.481 e. The molecule has 0 aliphatic heterocycles. The average Bonchev–Trinajstić information content (AvgIpc) is 2.93. The molecule has 0 amide bonds. The number of rotatable bonds is 4. The van der Waals surface area contributed by atoms with Crippen molar-refractivity contribution < 1.29 is 15.0 Å². The monoisotopic (exact) mass is 306 g/mol. The summed E-state index contributed by atoms with van der Waals surface area (Å²) in [6, 6.07) is 6.64. The maximum Gasteiger partial charge on any atom is 0.306 e. The third-order valence-corrected chi connectivity index (χ3v) is 6.11. The Morgan fingerprint density at radius 3 is 2.67 bits per heavy atom. The maximum absolute atomic E-state index is 11.0. The first-order valence-electron chi connectivity index (χ1n) is 7.76. The SMILES string of the molecule is O=C(O)C1CCC(O)(CSc2ccc3c(c2)CCC3)CC1. The van der Waals surface area contributed by atoms with Crippen molar-refractivity contribution >= 4 is 17.7 Å². The van der Waals surface area contributed by atoms with Gasteiger partial charge in [0.2, 0.25) is 0 Å². The van der Waals surface area contributed by atoms with Crippen molar-refractivity contribution in [2.75, 3.05) is 5.75 Å². The lowest BCUT2D eigenvalue weighted by Gasteiger charge is -2.34. The molecule has 1 saturated carbocycles. The number of hydrogen-bond donors (Lipinski definition) is 2. The quantitative estimate of drug-likeness (QED) is 0.838. The molecule has 21 heavy (non-hydrogen) atoms. The van der Waals surface area contributed by atoms with Crippen molar-refractivity contribution in [1.82, 2.24) is 0 Å². The Morgan fingerprint density at radius 1 is 1.24 bits per heavy atom. The van der Waals surface area contributed by atoms with Crippen molar-refractivity contribution in [3.8, 4) is 0 Å². The standard InChI is InChI=1S/C17H22O3S/c18-16(19)13-6-8-17(20,9-7-13)11-21-15-5-4-12-2-1-3-14(12)10-15/h4-5,10,13,20H,1-3,6-9,11H2,(H,18,19). The Kier molecular flexibility index (Phi) is 4.27. The Balaban J connectivity index is 1.56. The second kappa shape index (κ2) is 6.01. The summed E-state index contributed by atoms with van der Waals surface area (Å²) in [6.07, 6.45) is 6.01. The van der Waals surface area contributed by atoms with E-state index in [9.17, 15) is 9.90 Å². The van der Waals surface area contributed by atoms with E-state index in [1.165, 1.54) is 35.3 Å². The lowest BCUT2D eigenvalue weighted by molar-refractivity contribution is -0.144. The molecular formula is C17H22O3S. The van der Waals surface area contributed by atoms with E-state index in [4.69, 9.17) is 5.11 Å². The fourth-order valence-electron chi connectivity index (χ4n) is 3.40. The fourth-order valence-corrected chi connectivity index (χ4v) is 4.52. The second-order valence-electron chi connectivity index (χ2n) is 6.41. The molecule has 3 nitrogen and oxygen atoms in total. The molecule has 0 unspecified atom stereocenters. The summed E-state index contributed by atoms with van der Waals surface area (Å²) in [6.45, 7) is 0. The van der Waals surface area contributed by atoms with Gasteiger partial charge >= 0.3 is 5.97 Å². The third-order valence-electron chi connectivity index (χ3n) is 4.84. The second-order valence-corrected chi connectivity index (χ2v) is 7.46. The van der Waals surface area contributed by atoms with Crippen LogP contribution in [0.3, 0.4) is 0 Å². The minimum absolute atomic E-state index is 0.268. The molecule has 0 heterocycles. The highest BCUT2D eigenvalue weighted by Gasteiger charge is 2.35. The molecule has 0 atom stereocenters. The zero-order chi connectivity index (χ0) is 14.9. The molecule has 3 rings (SSSR count). The topological polar surface area (TPSA) is 57.5 Å². The van der Waals surface area contributed by atoms with Crippen molar-refractivity contribution in [3.63, 3.8) is 0 Å². The van der Waals surface area contributed by atoms with Gasteiger partial charge in [0.05, 0.1) is 11.5 Å². The Labute approximate surface area is 129 Å². The number of thioether (sulfide) groups is 1. The summed E-state index contributed by atoms with van der Waals surface area (Å²) in [5, 5.41) is 19.6. The first kappa shape index (κ1) is 14.9. The summed E-state index contributed by atoms with van der Waals surface area (Å²) in [7, 11) is 0. The number of carbonyl (C=O) groups is 1. The van der Waals surface area contributed by atoms with Crippen molar-refractivity contribution in [2.24, 2.45) is 5.92 Å². The van der Waals surface area contributed by atoms with E-state index in [2.05, 4.69) is 18.2 Å². The molecular weight excluding hydrogens is 284 g/mol. The van der Waals surface area contributed by atoms with Crippen molar-refractivity contribution in [1.29, 1.82) is 0 Å². The Morgan fingerprint density at radius 2 is 1.95 bits per heavy atom. The minimum atomic E-state index is -0.719. The molecule has 2 aliphatic rings. The predicted molar refractivity (Wildman–Crippen MR) is 83.7 cm³/mol. The van der Waals surface area contributed by atoms with E-state index < -0.39 is 11.6 Å². The minimum Gasteiger partial charge on any atom is -0.481 e. The molecule has 1 aromatic carbocycles. The molecule has 0 saturated heterocycles. The number of aliphatic hydroxyl groups is 1. The van der Waals surface area contributed by atoms with Crippen LogP contribution < -0.4 is 0 Å². The van der Waals surface area contributed by atoms with Crippen LogP contribution >= 0.6 is 11.8 Å². The number of aryl methyl sites for hydroxylation is 2. The van der Waals surface area contributed by atoms with Crippen LogP contribution in [0.1, 0.15) is 43.2 Å². The summed E-state index contributed by atoms with van der Waals surface area (Å²) in [5.74, 6) is -0.323. The van der Waals surface area contributed by atoms with Gasteiger partial charge in [0.15, 0.2) is 0 Å². The molecule has 114 valence electrons. The Hall–Kier alpha value is -1.00. The van der Waals surface area contributed by atoms with Gasteiger partial charge < -0.3 is 10.2 Å². The van der Waals surface area contributed by atoms with Gasteiger partial charge in [-0.05, 0) is 68.2 Å². The van der Waals surface area contributed by atoms with Crippen LogP contribution in [0.4, 0.5) is 0 Å². The maximum atomic E-state index is 11.0. The zero-order valence-corrected chi connectivity index (χ0v) is 13.0. The first-order valence-corrected chi connectivity index (χ1v) is 8.74. The van der Waals surface area contributed by atoms with Gasteiger partial charge in [0, 0.05) is 10.6 Å². The highest BCUT2D eigenvalue weighted by Crippen LogP contribution is 2.37. The van der Waals surface area contributed by atoms with Crippen molar-refractivity contribution in [3.05, 3.63) is 29.3 Å². The van der Waals surface area contributed by atoms with Crippen LogP contribution in [-0.4, -0.2) is 27.5 Å². The fraction of sp³-hybridized carbons (Fsp3) is 0.588. The first-order chi connectivity index (χ1) is 10.1. The lowest BCUT2D eigenvalue weighted by atomic mass is 9.80. The number of carboxylic acid groups (broad SMARTS) is 1. The van der Waals surface area contributed by atoms with Crippen LogP contribution in [0.25, 0.3) is 0 Å². The molecule has 4 heteroatoms. The smallest absolute Gasteiger partial charge is 0.306 e. The number of fused-ring (bicyclic) bond motifs is 1. The van der Waals surface area contributed by atoms with Gasteiger partial charge in [-0.3, -0.25) is 4.79 Å². The molecule has 0 aromatic heterocycles. The number of carboxylic acids is 1. The highest BCUT2D eigenvalue weighted by molar-refractivity contribution is 7.99. The molecule has 2 N–H and O–H groups in total. The summed E-state index contributed by atoms with van der Waals surface area (Å²) < 4.78 is 0. The summed E-state index contributed by atoms with van der Waals surface area (Å²) >= 11 is 1.70. The molecule has 1 aromatic rings. The summed E-state index contributed by atoms with van der Waals surface area (Å²) in [5.41, 5.74) is 2.23. The van der Waals surface area contributed by atoms with Gasteiger partial charge in [0.1, 0.15) is 0 Å². The van der Waals surface area contributed by atoms with E-state index in [1.807, 2.05) is 0 Å². The van der Waals surface area contributed by atoms with Crippen LogP contribution in [0.5, 0.6) is 0 Å². The zero-order valence-electron chi connectivity index (χ0n) is 12.2. The van der Waals surface area contributed by atoms with E-state index in [0.29, 0.717) is 31.4 Å². The van der Waals surface area contributed by atoms with Gasteiger partial charge in [-0.2, -0.15) is 0 Å². The number of aliphatic carboxylic acids is 1. The molecule has 1 fully saturated rings. The van der Waals surface area contributed by atoms with Gasteiger partial charge in [-0.15, -0.1) is 11.8 Å².